The van der Waals surface area contributed by atoms with Gasteiger partial charge in [0.05, 0.1) is 12.3 Å². The van der Waals surface area contributed by atoms with Crippen LogP contribution < -0.4 is 4.74 Å². The Morgan fingerprint density at radius 1 is 1.53 bits per heavy atom. The number of fused-ring (bicyclic) bond motifs is 1. The zero-order valence-corrected chi connectivity index (χ0v) is 10.6. The molecule has 0 saturated heterocycles. The second-order valence-corrected chi connectivity index (χ2v) is 4.67. The van der Waals surface area contributed by atoms with Crippen molar-refractivity contribution in [3.05, 3.63) is 47.5 Å². The van der Waals surface area contributed by atoms with Gasteiger partial charge in [0.25, 0.3) is 0 Å². The van der Waals surface area contributed by atoms with Gasteiger partial charge in [0.15, 0.2) is 0 Å². The smallest absolute Gasteiger partial charge is 0.130 e. The SMILES string of the molecule is CCn1cc(C2C[C@H](O)c3ccc(F)cc3O2)cn1. The number of hydrogen-bond acceptors (Lipinski definition) is 3. The summed E-state index contributed by atoms with van der Waals surface area (Å²) >= 11 is 0. The van der Waals surface area contributed by atoms with E-state index in [1.54, 1.807) is 16.9 Å². The maximum Gasteiger partial charge on any atom is 0.130 e. The molecule has 19 heavy (non-hydrogen) atoms. The third-order valence-corrected chi connectivity index (χ3v) is 3.39. The molecule has 3 rings (SSSR count). The molecule has 0 amide bonds. The predicted molar refractivity (Wildman–Crippen MR) is 67.2 cm³/mol. The van der Waals surface area contributed by atoms with Crippen LogP contribution in [0.4, 0.5) is 4.39 Å². The second-order valence-electron chi connectivity index (χ2n) is 4.67. The molecular weight excluding hydrogens is 247 g/mol. The lowest BCUT2D eigenvalue weighted by Crippen LogP contribution is -2.18. The summed E-state index contributed by atoms with van der Waals surface area (Å²) in [5.74, 6) is 0.0452. The van der Waals surface area contributed by atoms with E-state index in [0.29, 0.717) is 17.7 Å². The van der Waals surface area contributed by atoms with Crippen molar-refractivity contribution in [3.8, 4) is 5.75 Å². The van der Waals surface area contributed by atoms with Crippen molar-refractivity contribution in [2.24, 2.45) is 0 Å². The highest BCUT2D eigenvalue weighted by Gasteiger charge is 2.29. The van der Waals surface area contributed by atoms with E-state index in [9.17, 15) is 9.50 Å². The quantitative estimate of drug-likeness (QED) is 0.905. The molecule has 0 fully saturated rings. The van der Waals surface area contributed by atoms with Gasteiger partial charge in [0.1, 0.15) is 17.7 Å². The fraction of sp³-hybridized carbons (Fsp3) is 0.357. The minimum Gasteiger partial charge on any atom is -0.485 e. The molecule has 4 nitrogen and oxygen atoms in total. The fourth-order valence-corrected chi connectivity index (χ4v) is 2.34. The molecule has 0 bridgehead atoms. The Labute approximate surface area is 110 Å². The Kier molecular flexibility index (Phi) is 2.98. The molecule has 5 heteroatoms. The third-order valence-electron chi connectivity index (χ3n) is 3.39. The van der Waals surface area contributed by atoms with Gasteiger partial charge in [-0.2, -0.15) is 5.10 Å². The predicted octanol–water partition coefficient (Wildman–Crippen LogP) is 2.60. The molecule has 2 aromatic rings. The monoisotopic (exact) mass is 262 g/mol. The van der Waals surface area contributed by atoms with Crippen LogP contribution in [-0.2, 0) is 6.54 Å². The zero-order chi connectivity index (χ0) is 13.4. The van der Waals surface area contributed by atoms with Crippen molar-refractivity contribution in [1.82, 2.24) is 9.78 Å². The molecule has 1 aliphatic rings. The van der Waals surface area contributed by atoms with E-state index in [4.69, 9.17) is 4.74 Å². The summed E-state index contributed by atoms with van der Waals surface area (Å²) in [7, 11) is 0. The minimum atomic E-state index is -0.640. The maximum absolute atomic E-state index is 13.2. The highest BCUT2D eigenvalue weighted by molar-refractivity contribution is 5.38. The number of aryl methyl sites for hydroxylation is 1. The minimum absolute atomic E-state index is 0.287. The van der Waals surface area contributed by atoms with E-state index in [-0.39, 0.29) is 11.9 Å². The summed E-state index contributed by atoms with van der Waals surface area (Å²) in [6.45, 7) is 2.78. The third kappa shape index (κ3) is 2.21. The summed E-state index contributed by atoms with van der Waals surface area (Å²) in [5, 5.41) is 14.3. The highest BCUT2D eigenvalue weighted by Crippen LogP contribution is 2.40. The van der Waals surface area contributed by atoms with Gasteiger partial charge in [-0.05, 0) is 19.1 Å². The average Bonchev–Trinajstić information content (AvgIpc) is 2.86. The molecule has 1 N–H and O–H groups in total. The Morgan fingerprint density at radius 2 is 2.37 bits per heavy atom. The first-order valence-electron chi connectivity index (χ1n) is 6.34. The summed E-state index contributed by atoms with van der Waals surface area (Å²) in [6.07, 6.45) is 3.14. The number of ether oxygens (including phenoxy) is 1. The van der Waals surface area contributed by atoms with E-state index in [1.165, 1.54) is 12.1 Å². The lowest BCUT2D eigenvalue weighted by Gasteiger charge is -2.29. The molecule has 2 atom stereocenters. The van der Waals surface area contributed by atoms with Gasteiger partial charge in [-0.15, -0.1) is 0 Å². The van der Waals surface area contributed by atoms with Crippen molar-refractivity contribution < 1.29 is 14.2 Å². The van der Waals surface area contributed by atoms with Gasteiger partial charge in [-0.25, -0.2) is 4.39 Å². The number of aliphatic hydroxyl groups excluding tert-OH is 1. The first-order chi connectivity index (χ1) is 9.17. The normalized spacial score (nSPS) is 21.8. The second kappa shape index (κ2) is 4.66. The van der Waals surface area contributed by atoms with Crippen molar-refractivity contribution >= 4 is 0 Å². The summed E-state index contributed by atoms with van der Waals surface area (Å²) < 4.78 is 20.8. The Hall–Kier alpha value is -1.88. The first-order valence-corrected chi connectivity index (χ1v) is 6.34. The van der Waals surface area contributed by atoms with Crippen molar-refractivity contribution in [2.75, 3.05) is 0 Å². The van der Waals surface area contributed by atoms with Crippen LogP contribution >= 0.6 is 0 Å². The van der Waals surface area contributed by atoms with Gasteiger partial charge in [0, 0.05) is 36.4 Å². The molecule has 0 spiro atoms. The molecule has 0 aliphatic carbocycles. The maximum atomic E-state index is 13.2. The van der Waals surface area contributed by atoms with E-state index in [1.807, 2.05) is 13.1 Å². The number of aliphatic hydroxyl groups is 1. The Morgan fingerprint density at radius 3 is 3.11 bits per heavy atom. The van der Waals surface area contributed by atoms with Crippen LogP contribution in [0, 0.1) is 5.82 Å². The summed E-state index contributed by atoms with van der Waals surface area (Å²) in [4.78, 5) is 0. The molecule has 0 saturated carbocycles. The van der Waals surface area contributed by atoms with Crippen LogP contribution in [0.25, 0.3) is 0 Å². The van der Waals surface area contributed by atoms with Crippen LogP contribution in [0.3, 0.4) is 0 Å². The van der Waals surface area contributed by atoms with Crippen molar-refractivity contribution in [2.45, 2.75) is 32.1 Å². The van der Waals surface area contributed by atoms with Crippen LogP contribution in [0.15, 0.2) is 30.6 Å². The van der Waals surface area contributed by atoms with Crippen LogP contribution in [0.5, 0.6) is 5.75 Å². The van der Waals surface area contributed by atoms with E-state index >= 15 is 0 Å². The highest BCUT2D eigenvalue weighted by atomic mass is 19.1. The first kappa shape index (κ1) is 12.2. The number of aromatic nitrogens is 2. The molecule has 0 radical (unpaired) electrons. The van der Waals surface area contributed by atoms with E-state index in [2.05, 4.69) is 5.10 Å². The molecule has 1 unspecified atom stereocenters. The number of halogens is 1. The number of nitrogens with zero attached hydrogens (tertiary/aromatic N) is 2. The van der Waals surface area contributed by atoms with Gasteiger partial charge in [-0.3, -0.25) is 4.68 Å². The Balaban J connectivity index is 1.91. The molecular formula is C14H15FN2O2. The van der Waals surface area contributed by atoms with Gasteiger partial charge < -0.3 is 9.84 Å². The summed E-state index contributed by atoms with van der Waals surface area (Å²) in [5.41, 5.74) is 1.54. The number of hydrogen-bond donors (Lipinski definition) is 1. The van der Waals surface area contributed by atoms with E-state index in [0.717, 1.165) is 12.1 Å². The largest absolute Gasteiger partial charge is 0.485 e. The fourth-order valence-electron chi connectivity index (χ4n) is 2.34. The molecule has 1 aliphatic heterocycles. The van der Waals surface area contributed by atoms with Crippen LogP contribution in [0.2, 0.25) is 0 Å². The van der Waals surface area contributed by atoms with Gasteiger partial charge >= 0.3 is 0 Å². The molecule has 100 valence electrons. The van der Waals surface area contributed by atoms with Gasteiger partial charge in [0.2, 0.25) is 0 Å². The number of rotatable bonds is 2. The molecule has 1 aromatic carbocycles. The number of benzene rings is 1. The van der Waals surface area contributed by atoms with Gasteiger partial charge in [-0.1, -0.05) is 0 Å². The van der Waals surface area contributed by atoms with Crippen LogP contribution in [-0.4, -0.2) is 14.9 Å². The van der Waals surface area contributed by atoms with E-state index < -0.39 is 6.10 Å². The van der Waals surface area contributed by atoms with Crippen LogP contribution in [0.1, 0.15) is 36.7 Å². The van der Waals surface area contributed by atoms with Crippen molar-refractivity contribution in [3.63, 3.8) is 0 Å². The molecule has 2 heterocycles. The lowest BCUT2D eigenvalue weighted by molar-refractivity contribution is 0.0653. The topological polar surface area (TPSA) is 47.3 Å². The Bertz CT molecular complexity index is 597. The average molecular weight is 262 g/mol. The lowest BCUT2D eigenvalue weighted by atomic mass is 9.96. The van der Waals surface area contributed by atoms with Crippen molar-refractivity contribution in [1.29, 1.82) is 0 Å². The summed E-state index contributed by atoms with van der Waals surface area (Å²) in [6, 6.07) is 4.22. The zero-order valence-electron chi connectivity index (χ0n) is 10.6. The standard InChI is InChI=1S/C14H15FN2O2/c1-2-17-8-9(7-16-17)13-6-12(18)11-4-3-10(15)5-14(11)19-13/h3-5,7-8,12-13,18H,2,6H2,1H3/t12-,13?/m0/s1. The molecule has 1 aromatic heterocycles.